The van der Waals surface area contributed by atoms with Crippen LogP contribution in [-0.4, -0.2) is 9.02 Å². The van der Waals surface area contributed by atoms with E-state index in [0.29, 0.717) is 5.78 Å². The number of alkyl halides is 2. The van der Waals surface area contributed by atoms with Gasteiger partial charge < -0.3 is 0 Å². The molecule has 1 rings (SSSR count). The highest BCUT2D eigenvalue weighted by Crippen LogP contribution is 2.37. The number of hydrogen-bond acceptors (Lipinski definition) is 1. The fraction of sp³-hybridized carbons (Fsp3) is 0.857. The first kappa shape index (κ1) is 8.72. The average Bonchev–Trinajstić information content (AvgIpc) is 1.96. The van der Waals surface area contributed by atoms with Crippen molar-refractivity contribution >= 4 is 37.6 Å². The Morgan fingerprint density at radius 3 is 2.60 bits per heavy atom. The van der Waals surface area contributed by atoms with Crippen LogP contribution in [0.5, 0.6) is 0 Å². The largest absolute Gasteiger partial charge is 0.297 e. The first-order valence-corrected chi connectivity index (χ1v) is 5.13. The van der Waals surface area contributed by atoms with Gasteiger partial charge in [-0.15, -0.1) is 0 Å². The number of Topliss-reactive ketones (excluding diaryl/α,β-unsaturated/α-hetero) is 1. The summed E-state index contributed by atoms with van der Waals surface area (Å²) in [6, 6.07) is 0. The zero-order chi connectivity index (χ0) is 7.61. The van der Waals surface area contributed by atoms with E-state index in [0.717, 1.165) is 25.7 Å². The Kier molecular flexibility index (Phi) is 2.92. The van der Waals surface area contributed by atoms with Gasteiger partial charge in [-0.1, -0.05) is 44.7 Å². The zero-order valence-electron chi connectivity index (χ0n) is 5.70. The summed E-state index contributed by atoms with van der Waals surface area (Å²) in [5.41, 5.74) is 0. The second kappa shape index (κ2) is 3.35. The fourth-order valence-corrected chi connectivity index (χ4v) is 2.09. The predicted molar refractivity (Wildman–Crippen MR) is 48.7 cm³/mol. The number of carbonyl (C=O) groups excluding carboxylic acids is 1. The van der Waals surface area contributed by atoms with Crippen molar-refractivity contribution in [2.45, 2.75) is 35.3 Å². The van der Waals surface area contributed by atoms with Gasteiger partial charge in [-0.2, -0.15) is 0 Å². The van der Waals surface area contributed by atoms with E-state index in [1.807, 2.05) is 0 Å². The number of ketones is 1. The summed E-state index contributed by atoms with van der Waals surface area (Å²) in [7, 11) is 0. The van der Waals surface area contributed by atoms with Crippen LogP contribution < -0.4 is 0 Å². The zero-order valence-corrected chi connectivity index (χ0v) is 8.87. The van der Waals surface area contributed by atoms with Crippen molar-refractivity contribution in [3.8, 4) is 0 Å². The molecule has 3 heteroatoms. The maximum atomic E-state index is 11.2. The SMILES string of the molecule is O=C1CCCCCC1(Br)Br. The molecule has 0 amide bonds. The molecule has 0 heterocycles. The molecule has 0 bridgehead atoms. The molecule has 10 heavy (non-hydrogen) atoms. The molecule has 1 nitrogen and oxygen atoms in total. The van der Waals surface area contributed by atoms with Crippen molar-refractivity contribution in [1.82, 2.24) is 0 Å². The molecular formula is C7H10Br2O. The average molecular weight is 270 g/mol. The molecule has 0 aliphatic heterocycles. The highest BCUT2D eigenvalue weighted by molar-refractivity contribution is 9.25. The van der Waals surface area contributed by atoms with Crippen molar-refractivity contribution in [3.63, 3.8) is 0 Å². The molecular weight excluding hydrogens is 260 g/mol. The topological polar surface area (TPSA) is 17.1 Å². The fourth-order valence-electron chi connectivity index (χ4n) is 1.13. The van der Waals surface area contributed by atoms with Gasteiger partial charge in [0.1, 0.15) is 3.23 Å². The summed E-state index contributed by atoms with van der Waals surface area (Å²) in [6.45, 7) is 0. The Balaban J connectivity index is 2.61. The first-order chi connectivity index (χ1) is 4.63. The van der Waals surface area contributed by atoms with Crippen molar-refractivity contribution in [2.24, 2.45) is 0 Å². The molecule has 0 spiro atoms. The van der Waals surface area contributed by atoms with Gasteiger partial charge in [0.2, 0.25) is 0 Å². The summed E-state index contributed by atoms with van der Waals surface area (Å²) in [4.78, 5) is 11.2. The van der Waals surface area contributed by atoms with Gasteiger partial charge in [0.15, 0.2) is 5.78 Å². The minimum atomic E-state index is -0.392. The van der Waals surface area contributed by atoms with Crippen molar-refractivity contribution in [1.29, 1.82) is 0 Å². The Morgan fingerprint density at radius 2 is 1.90 bits per heavy atom. The van der Waals surface area contributed by atoms with Gasteiger partial charge >= 0.3 is 0 Å². The molecule has 1 saturated carbocycles. The maximum Gasteiger partial charge on any atom is 0.160 e. The van der Waals surface area contributed by atoms with Gasteiger partial charge in [0, 0.05) is 6.42 Å². The molecule has 0 unspecified atom stereocenters. The Morgan fingerprint density at radius 1 is 1.20 bits per heavy atom. The third-order valence-electron chi connectivity index (χ3n) is 1.80. The van der Waals surface area contributed by atoms with Gasteiger partial charge in [0.25, 0.3) is 0 Å². The Labute approximate surface area is 77.8 Å². The molecule has 1 aliphatic carbocycles. The normalized spacial score (nSPS) is 26.0. The molecule has 1 aliphatic rings. The molecule has 0 N–H and O–H groups in total. The molecule has 0 aromatic rings. The minimum absolute atomic E-state index is 0.296. The molecule has 0 aromatic carbocycles. The van der Waals surface area contributed by atoms with Crippen LogP contribution in [0.15, 0.2) is 0 Å². The molecule has 58 valence electrons. The van der Waals surface area contributed by atoms with Crippen LogP contribution in [0.2, 0.25) is 0 Å². The van der Waals surface area contributed by atoms with Crippen LogP contribution in [0.4, 0.5) is 0 Å². The number of carbonyl (C=O) groups is 1. The lowest BCUT2D eigenvalue weighted by molar-refractivity contribution is -0.118. The Hall–Kier alpha value is 0.630. The van der Waals surface area contributed by atoms with Crippen LogP contribution in [0.1, 0.15) is 32.1 Å². The summed E-state index contributed by atoms with van der Waals surface area (Å²) in [6.07, 6.45) is 5.02. The summed E-state index contributed by atoms with van der Waals surface area (Å²) in [5, 5.41) is 0. The van der Waals surface area contributed by atoms with E-state index < -0.39 is 3.23 Å². The van der Waals surface area contributed by atoms with Crippen molar-refractivity contribution in [2.75, 3.05) is 0 Å². The third kappa shape index (κ3) is 2.06. The number of hydrogen-bond donors (Lipinski definition) is 0. The highest BCUT2D eigenvalue weighted by Gasteiger charge is 2.32. The van der Waals surface area contributed by atoms with Gasteiger partial charge in [-0.3, -0.25) is 4.79 Å². The predicted octanol–water partition coefficient (Wildman–Crippen LogP) is 3.01. The molecule has 0 atom stereocenters. The summed E-state index contributed by atoms with van der Waals surface area (Å²) in [5.74, 6) is 0.296. The van der Waals surface area contributed by atoms with Crippen molar-refractivity contribution in [3.05, 3.63) is 0 Å². The van der Waals surface area contributed by atoms with E-state index >= 15 is 0 Å². The smallest absolute Gasteiger partial charge is 0.160 e. The van der Waals surface area contributed by atoms with Crippen molar-refractivity contribution < 1.29 is 4.79 Å². The summed E-state index contributed by atoms with van der Waals surface area (Å²) < 4.78 is -0.392. The maximum absolute atomic E-state index is 11.2. The lowest BCUT2D eigenvalue weighted by Gasteiger charge is -2.14. The second-order valence-electron chi connectivity index (χ2n) is 2.69. The quantitative estimate of drug-likeness (QED) is 0.488. The van der Waals surface area contributed by atoms with Gasteiger partial charge in [0.05, 0.1) is 0 Å². The molecule has 1 fully saturated rings. The van der Waals surface area contributed by atoms with Crippen LogP contribution in [0.3, 0.4) is 0 Å². The molecule has 0 saturated heterocycles. The van der Waals surface area contributed by atoms with Crippen LogP contribution in [0, 0.1) is 0 Å². The second-order valence-corrected chi connectivity index (χ2v) is 6.46. The van der Waals surface area contributed by atoms with Gasteiger partial charge in [-0.25, -0.2) is 0 Å². The third-order valence-corrected chi connectivity index (χ3v) is 3.48. The van der Waals surface area contributed by atoms with E-state index in [9.17, 15) is 4.79 Å². The lowest BCUT2D eigenvalue weighted by Crippen LogP contribution is -2.22. The number of rotatable bonds is 0. The standard InChI is InChI=1S/C7H10Br2O/c8-7(9)5-3-1-2-4-6(7)10/h1-5H2. The number of halogens is 2. The summed E-state index contributed by atoms with van der Waals surface area (Å²) >= 11 is 6.75. The minimum Gasteiger partial charge on any atom is -0.297 e. The first-order valence-electron chi connectivity index (χ1n) is 3.54. The lowest BCUT2D eigenvalue weighted by atomic mass is 10.2. The molecule has 0 radical (unpaired) electrons. The molecule has 0 aromatic heterocycles. The van der Waals surface area contributed by atoms with E-state index in [2.05, 4.69) is 31.9 Å². The van der Waals surface area contributed by atoms with E-state index in [1.54, 1.807) is 0 Å². The van der Waals surface area contributed by atoms with Crippen LogP contribution in [0.25, 0.3) is 0 Å². The van der Waals surface area contributed by atoms with E-state index in [1.165, 1.54) is 6.42 Å². The van der Waals surface area contributed by atoms with Gasteiger partial charge in [-0.05, 0) is 12.8 Å². The van der Waals surface area contributed by atoms with Crippen LogP contribution >= 0.6 is 31.9 Å². The Bertz CT molecular complexity index is 143. The highest BCUT2D eigenvalue weighted by atomic mass is 79.9. The monoisotopic (exact) mass is 268 g/mol. The van der Waals surface area contributed by atoms with E-state index in [-0.39, 0.29) is 0 Å². The van der Waals surface area contributed by atoms with Crippen LogP contribution in [-0.2, 0) is 4.79 Å². The van der Waals surface area contributed by atoms with E-state index in [4.69, 9.17) is 0 Å².